The van der Waals surface area contributed by atoms with Gasteiger partial charge in [0, 0.05) is 41.6 Å². The summed E-state index contributed by atoms with van der Waals surface area (Å²) in [4.78, 5) is 16.5. The predicted molar refractivity (Wildman–Crippen MR) is 119 cm³/mol. The Balaban J connectivity index is 1.78. The molecule has 7 nitrogen and oxygen atoms in total. The molecule has 7 heteroatoms. The van der Waals surface area contributed by atoms with Crippen molar-refractivity contribution in [3.8, 4) is 17.1 Å². The van der Waals surface area contributed by atoms with Crippen molar-refractivity contribution in [2.24, 2.45) is 10.9 Å². The number of aromatic amines is 1. The molecule has 0 spiro atoms. The van der Waals surface area contributed by atoms with E-state index in [9.17, 15) is 5.11 Å². The third-order valence-electron chi connectivity index (χ3n) is 5.13. The van der Waals surface area contributed by atoms with E-state index in [0.717, 1.165) is 40.0 Å². The number of aliphatic imine (C=N–C) groups is 1. The topological polar surface area (TPSA) is 92.0 Å². The average Bonchev–Trinajstić information content (AvgIpc) is 3.19. The van der Waals surface area contributed by atoms with Crippen LogP contribution in [0.1, 0.15) is 37.6 Å². The highest BCUT2D eigenvalue weighted by molar-refractivity contribution is 6.13. The fourth-order valence-corrected chi connectivity index (χ4v) is 3.63. The predicted octanol–water partition coefficient (Wildman–Crippen LogP) is 4.94. The summed E-state index contributed by atoms with van der Waals surface area (Å²) in [5, 5.41) is 16.0. The number of nitrogens with one attached hydrogen (secondary N) is 1. The van der Waals surface area contributed by atoms with Crippen LogP contribution in [-0.2, 0) is 6.54 Å². The van der Waals surface area contributed by atoms with Crippen molar-refractivity contribution in [1.82, 2.24) is 24.7 Å². The fraction of sp³-hybridized carbons (Fsp3) is 0.304. The Kier molecular flexibility index (Phi) is 5.11. The third kappa shape index (κ3) is 3.70. The first kappa shape index (κ1) is 19.8. The molecule has 0 atom stereocenters. The van der Waals surface area contributed by atoms with Crippen molar-refractivity contribution in [2.45, 2.75) is 41.2 Å². The van der Waals surface area contributed by atoms with E-state index in [-0.39, 0.29) is 5.88 Å². The van der Waals surface area contributed by atoms with Gasteiger partial charge in [-0.3, -0.25) is 14.6 Å². The van der Waals surface area contributed by atoms with E-state index in [1.54, 1.807) is 18.6 Å². The first-order valence-electron chi connectivity index (χ1n) is 10.0. The van der Waals surface area contributed by atoms with Gasteiger partial charge >= 0.3 is 0 Å². The van der Waals surface area contributed by atoms with Crippen LogP contribution in [0.25, 0.3) is 22.2 Å². The van der Waals surface area contributed by atoms with Gasteiger partial charge in [-0.15, -0.1) is 0 Å². The molecular formula is C23H26N6O. The maximum atomic E-state index is 10.6. The zero-order valence-corrected chi connectivity index (χ0v) is 17.9. The second-order valence-corrected chi connectivity index (χ2v) is 8.07. The van der Waals surface area contributed by atoms with Gasteiger partial charge in [-0.25, -0.2) is 4.99 Å². The van der Waals surface area contributed by atoms with Crippen LogP contribution in [0.3, 0.4) is 0 Å². The van der Waals surface area contributed by atoms with Crippen LogP contribution in [-0.4, -0.2) is 35.6 Å². The molecular weight excluding hydrogens is 376 g/mol. The van der Waals surface area contributed by atoms with Crippen molar-refractivity contribution in [1.29, 1.82) is 0 Å². The van der Waals surface area contributed by atoms with Gasteiger partial charge in [0.25, 0.3) is 0 Å². The van der Waals surface area contributed by atoms with Crippen LogP contribution in [0.4, 0.5) is 5.82 Å². The van der Waals surface area contributed by atoms with Gasteiger partial charge in [0.05, 0.1) is 28.7 Å². The molecule has 0 unspecified atom stereocenters. The number of fused-ring (bicyclic) bond motifs is 1. The molecule has 154 valence electrons. The van der Waals surface area contributed by atoms with E-state index in [2.05, 4.69) is 33.9 Å². The molecule has 4 aromatic heterocycles. The van der Waals surface area contributed by atoms with E-state index in [1.165, 1.54) is 0 Å². The molecule has 4 heterocycles. The number of aromatic hydroxyl groups is 1. The molecule has 0 bridgehead atoms. The standard InChI is InChI=1S/C23H26N6O/c1-13(2)12-29-15(4)8-21(28-29)26-16(5)22-17-9-19(18-10-24-7-6-14(18)3)25-11-20(17)27-23(22)30/h6-11,13,27,30H,12H2,1-5H3. The zero-order chi connectivity index (χ0) is 21.4. The molecule has 0 fully saturated rings. The van der Waals surface area contributed by atoms with Crippen LogP contribution in [0.15, 0.2) is 41.8 Å². The summed E-state index contributed by atoms with van der Waals surface area (Å²) in [5.74, 6) is 1.21. The highest BCUT2D eigenvalue weighted by atomic mass is 16.3. The number of hydrogen-bond donors (Lipinski definition) is 2. The van der Waals surface area contributed by atoms with Gasteiger partial charge < -0.3 is 10.1 Å². The smallest absolute Gasteiger partial charge is 0.198 e. The number of aryl methyl sites for hydroxylation is 2. The molecule has 4 aromatic rings. The Labute approximate surface area is 175 Å². The van der Waals surface area contributed by atoms with E-state index >= 15 is 0 Å². The maximum absolute atomic E-state index is 10.6. The normalized spacial score (nSPS) is 12.3. The summed E-state index contributed by atoms with van der Waals surface area (Å²) in [6.07, 6.45) is 5.30. The Hall–Kier alpha value is -3.48. The largest absolute Gasteiger partial charge is 0.494 e. The van der Waals surface area contributed by atoms with Gasteiger partial charge in [-0.05, 0) is 44.4 Å². The van der Waals surface area contributed by atoms with Crippen molar-refractivity contribution in [3.63, 3.8) is 0 Å². The summed E-state index contributed by atoms with van der Waals surface area (Å²) < 4.78 is 1.97. The lowest BCUT2D eigenvalue weighted by molar-refractivity contribution is 0.457. The number of hydrogen-bond acceptors (Lipinski definition) is 5. The molecule has 30 heavy (non-hydrogen) atoms. The lowest BCUT2D eigenvalue weighted by Crippen LogP contribution is -2.07. The van der Waals surface area contributed by atoms with Gasteiger partial charge in [0.1, 0.15) is 0 Å². The highest BCUT2D eigenvalue weighted by Gasteiger charge is 2.16. The summed E-state index contributed by atoms with van der Waals surface area (Å²) >= 11 is 0. The van der Waals surface area contributed by atoms with Crippen LogP contribution in [0.2, 0.25) is 0 Å². The van der Waals surface area contributed by atoms with Crippen molar-refractivity contribution >= 4 is 22.4 Å². The summed E-state index contributed by atoms with van der Waals surface area (Å²) in [6, 6.07) is 5.88. The zero-order valence-electron chi connectivity index (χ0n) is 17.9. The van der Waals surface area contributed by atoms with E-state index in [0.29, 0.717) is 23.0 Å². The summed E-state index contributed by atoms with van der Waals surface area (Å²) in [7, 11) is 0. The van der Waals surface area contributed by atoms with Crippen molar-refractivity contribution in [3.05, 3.63) is 53.6 Å². The minimum Gasteiger partial charge on any atom is -0.494 e. The highest BCUT2D eigenvalue weighted by Crippen LogP contribution is 2.32. The third-order valence-corrected chi connectivity index (χ3v) is 5.13. The Bertz CT molecular complexity index is 1250. The second-order valence-electron chi connectivity index (χ2n) is 8.07. The molecule has 0 saturated heterocycles. The minimum atomic E-state index is 0.0754. The molecule has 0 aliphatic rings. The number of rotatable bonds is 5. The summed E-state index contributed by atoms with van der Waals surface area (Å²) in [5.41, 5.74) is 6.02. The van der Waals surface area contributed by atoms with Crippen molar-refractivity contribution in [2.75, 3.05) is 0 Å². The molecule has 0 saturated carbocycles. The molecule has 0 aliphatic heterocycles. The van der Waals surface area contributed by atoms with E-state index in [1.807, 2.05) is 43.7 Å². The van der Waals surface area contributed by atoms with Crippen LogP contribution in [0, 0.1) is 19.8 Å². The van der Waals surface area contributed by atoms with Gasteiger partial charge in [0.2, 0.25) is 0 Å². The molecule has 2 N–H and O–H groups in total. The van der Waals surface area contributed by atoms with Crippen LogP contribution in [0.5, 0.6) is 5.88 Å². The molecule has 0 aromatic carbocycles. The SMILES string of the molecule is CC(=Nc1cc(C)n(CC(C)C)n1)c1c(O)[nH]c2cnc(-c3cnccc3C)cc12. The fourth-order valence-electron chi connectivity index (χ4n) is 3.63. The first-order valence-corrected chi connectivity index (χ1v) is 10.0. The molecule has 4 rings (SSSR count). The average molecular weight is 403 g/mol. The van der Waals surface area contributed by atoms with Crippen LogP contribution < -0.4 is 0 Å². The molecule has 0 amide bonds. The Morgan fingerprint density at radius 2 is 2.03 bits per heavy atom. The maximum Gasteiger partial charge on any atom is 0.198 e. The van der Waals surface area contributed by atoms with Gasteiger partial charge in [0.15, 0.2) is 11.7 Å². The monoisotopic (exact) mass is 402 g/mol. The Morgan fingerprint density at radius 3 is 2.77 bits per heavy atom. The number of H-pyrrole nitrogens is 1. The quantitative estimate of drug-likeness (QED) is 0.463. The van der Waals surface area contributed by atoms with E-state index < -0.39 is 0 Å². The molecule has 0 radical (unpaired) electrons. The number of aromatic nitrogens is 5. The summed E-state index contributed by atoms with van der Waals surface area (Å²) in [6.45, 7) is 11.1. The lowest BCUT2D eigenvalue weighted by Gasteiger charge is -2.06. The first-order chi connectivity index (χ1) is 14.3. The minimum absolute atomic E-state index is 0.0754. The Morgan fingerprint density at radius 1 is 1.23 bits per heavy atom. The molecule has 0 aliphatic carbocycles. The van der Waals surface area contributed by atoms with Gasteiger partial charge in [-0.2, -0.15) is 5.10 Å². The number of nitrogens with zero attached hydrogens (tertiary/aromatic N) is 5. The second kappa shape index (κ2) is 7.74. The lowest BCUT2D eigenvalue weighted by atomic mass is 10.0. The van der Waals surface area contributed by atoms with Gasteiger partial charge in [-0.1, -0.05) is 13.8 Å². The van der Waals surface area contributed by atoms with Crippen molar-refractivity contribution < 1.29 is 5.11 Å². The number of pyridine rings is 2. The van der Waals surface area contributed by atoms with E-state index in [4.69, 9.17) is 4.99 Å². The van der Waals surface area contributed by atoms with Crippen LogP contribution >= 0.6 is 0 Å².